The van der Waals surface area contributed by atoms with Crippen molar-refractivity contribution in [2.75, 3.05) is 0 Å². The Morgan fingerprint density at radius 3 is 1.70 bits per heavy atom. The van der Waals surface area contributed by atoms with Crippen LogP contribution in [0.15, 0.2) is 188 Å². The van der Waals surface area contributed by atoms with Gasteiger partial charge >= 0.3 is 343 Å². The Morgan fingerprint density at radius 1 is 0.321 bits per heavy atom. The maximum atomic E-state index is 2.53. The Balaban J connectivity index is 1.21. The van der Waals surface area contributed by atoms with E-state index in [0.717, 1.165) is 0 Å². The van der Waals surface area contributed by atoms with Gasteiger partial charge in [0.15, 0.2) is 0 Å². The molecule has 0 fully saturated rings. The van der Waals surface area contributed by atoms with Crippen LogP contribution in [0, 0.1) is 0 Å². The molecule has 0 aliphatic carbocycles. The van der Waals surface area contributed by atoms with E-state index in [2.05, 4.69) is 188 Å². The number of hydrogen-bond donors (Lipinski definition) is 0. The molecule has 56 heavy (non-hydrogen) atoms. The first-order valence-corrected chi connectivity index (χ1v) is 24.8. The topological polar surface area (TPSA) is 0 Å². The van der Waals surface area contributed by atoms with Crippen molar-refractivity contribution in [2.24, 2.45) is 0 Å². The summed E-state index contributed by atoms with van der Waals surface area (Å²) < 4.78 is 4.69. The summed E-state index contributed by atoms with van der Waals surface area (Å²) in [5.74, 6) is 0. The van der Waals surface area contributed by atoms with Crippen molar-refractivity contribution in [3.05, 3.63) is 188 Å². The molecule has 0 unspecified atom stereocenters. The third-order valence-electron chi connectivity index (χ3n) is 12.6. The van der Waals surface area contributed by atoms with E-state index in [9.17, 15) is 0 Å². The van der Waals surface area contributed by atoms with E-state index >= 15 is 0 Å². The molecule has 0 spiro atoms. The van der Waals surface area contributed by atoms with Crippen LogP contribution in [0.4, 0.5) is 0 Å². The molecular weight excluding hydrogens is 794 g/mol. The van der Waals surface area contributed by atoms with Gasteiger partial charge in [0.2, 0.25) is 0 Å². The van der Waals surface area contributed by atoms with Crippen LogP contribution < -0.4 is 13.2 Å². The summed E-state index contributed by atoms with van der Waals surface area (Å²) in [6.45, 7) is 0. The van der Waals surface area contributed by atoms with Crippen LogP contribution in [0.5, 0.6) is 0 Å². The van der Waals surface area contributed by atoms with Gasteiger partial charge in [-0.05, 0) is 0 Å². The molecule has 0 N–H and O–H groups in total. The van der Waals surface area contributed by atoms with E-state index in [1.165, 1.54) is 114 Å². The summed E-state index contributed by atoms with van der Waals surface area (Å²) in [7, 11) is 0. The molecule has 1 aliphatic heterocycles. The van der Waals surface area contributed by atoms with E-state index in [4.69, 9.17) is 0 Å². The Kier molecular flexibility index (Phi) is 7.24. The molecule has 11 aromatic rings. The molecule has 0 aromatic heterocycles. The first-order chi connectivity index (χ1) is 27.7. The van der Waals surface area contributed by atoms with Crippen molar-refractivity contribution in [1.29, 1.82) is 0 Å². The summed E-state index contributed by atoms with van der Waals surface area (Å²) in [5, 5.41) is 13.1. The average Bonchev–Trinajstić information content (AvgIpc) is 3.64. The summed E-state index contributed by atoms with van der Waals surface area (Å²) in [6, 6.07) is 71.7. The number of rotatable bonds is 4. The van der Waals surface area contributed by atoms with E-state index in [0.29, 0.717) is 16.5 Å². The molecule has 0 amide bonds. The van der Waals surface area contributed by atoms with E-state index in [1.54, 1.807) is 8.79 Å². The Labute approximate surface area is 340 Å². The maximum absolute atomic E-state index is 2.53. The van der Waals surface area contributed by atoms with Gasteiger partial charge in [-0.1, -0.05) is 0 Å². The van der Waals surface area contributed by atoms with Crippen molar-refractivity contribution < 1.29 is 0 Å². The second-order valence-corrected chi connectivity index (χ2v) is 21.7. The van der Waals surface area contributed by atoms with Crippen LogP contribution in [-0.2, 0) is 0 Å². The molecule has 1 aliphatic rings. The molecule has 2 heteroatoms. The minimum absolute atomic E-state index is 0.589. The van der Waals surface area contributed by atoms with Gasteiger partial charge in [0, 0.05) is 0 Å². The normalized spacial score (nSPS) is 12.8. The zero-order chi connectivity index (χ0) is 36.9. The summed E-state index contributed by atoms with van der Waals surface area (Å²) in [6.07, 6.45) is 0. The Bertz CT molecular complexity index is 3410. The molecule has 260 valence electrons. The van der Waals surface area contributed by atoms with Crippen LogP contribution in [-0.4, -0.2) is 31.9 Å². The molecule has 12 rings (SSSR count). The molecule has 0 bridgehead atoms. The van der Waals surface area contributed by atoms with E-state index < -0.39 is 15.4 Å². The molecule has 0 atom stereocenters. The monoisotopic (exact) mass is 832 g/mol. The van der Waals surface area contributed by atoms with Gasteiger partial charge < -0.3 is 0 Å². The average molecular weight is 830 g/mol. The second-order valence-electron chi connectivity index (χ2n) is 15.6. The van der Waals surface area contributed by atoms with Crippen molar-refractivity contribution in [3.63, 3.8) is 0 Å². The third-order valence-corrected chi connectivity index (χ3v) is 18.9. The first kappa shape index (κ1) is 32.3. The van der Waals surface area contributed by atoms with Gasteiger partial charge in [-0.15, -0.1) is 0 Å². The molecule has 1 heterocycles. The zero-order valence-corrected chi connectivity index (χ0v) is 38.3. The molecule has 11 aromatic carbocycles. The quantitative estimate of drug-likeness (QED) is 0.0942. The fourth-order valence-corrected chi connectivity index (χ4v) is 15.9. The van der Waals surface area contributed by atoms with Crippen molar-refractivity contribution in [2.45, 2.75) is 0 Å². The van der Waals surface area contributed by atoms with Crippen LogP contribution >= 0.6 is 0 Å². The van der Waals surface area contributed by atoms with E-state index in [-0.39, 0.29) is 0 Å². The Hall–Kier alpha value is -5.93. The van der Waals surface area contributed by atoms with E-state index in [1.807, 2.05) is 0 Å². The minimum atomic E-state index is -1.20. The van der Waals surface area contributed by atoms with Gasteiger partial charge in [-0.25, -0.2) is 0 Å². The number of benzene rings is 11. The van der Waals surface area contributed by atoms with Gasteiger partial charge in [0.05, 0.1) is 0 Å². The standard InChI is InChI=1S/C54H36Ge2/c55-49-25-3-1-16-38(49)35-14-6-13-34(29-35)37-18-8-21-41-46(37)31-47-39(44-23-10-24-45-40-17-2-4-26-50(40)56-54(44)45)19-9-22-42(47)53(41)48-30-36-15-5-11-32-27-28-33-12-7-20-43(48)52(33)51(32)36/h1-31H,56H2,55H3. The molecule has 0 radical (unpaired) electrons. The molecule has 0 saturated carbocycles. The predicted molar refractivity (Wildman–Crippen MR) is 250 cm³/mol. The Morgan fingerprint density at radius 2 is 0.875 bits per heavy atom. The van der Waals surface area contributed by atoms with Crippen LogP contribution in [0.2, 0.25) is 0 Å². The van der Waals surface area contributed by atoms with Gasteiger partial charge in [0.1, 0.15) is 0 Å². The first-order valence-electron chi connectivity index (χ1n) is 19.7. The van der Waals surface area contributed by atoms with Gasteiger partial charge in [0.25, 0.3) is 0 Å². The molecule has 0 nitrogen and oxygen atoms in total. The van der Waals surface area contributed by atoms with Crippen molar-refractivity contribution in [3.8, 4) is 55.6 Å². The van der Waals surface area contributed by atoms with Gasteiger partial charge in [-0.2, -0.15) is 0 Å². The summed E-state index contributed by atoms with van der Waals surface area (Å²) >= 11 is -0.608. The second kappa shape index (κ2) is 12.5. The predicted octanol–water partition coefficient (Wildman–Crippen LogP) is 10.6. The van der Waals surface area contributed by atoms with Crippen molar-refractivity contribution in [1.82, 2.24) is 0 Å². The SMILES string of the molecule is [GeH3][c]1ccccc1-c1cccc(-c2cccc3c(-c4cc5cccc6ccc7cccc4c7c65)c4cccc(-c5cccc6[c]5[GeH2][c]5ccccc5-6)c4cc23)c1. The van der Waals surface area contributed by atoms with Crippen LogP contribution in [0.1, 0.15) is 0 Å². The summed E-state index contributed by atoms with van der Waals surface area (Å²) in [5.41, 5.74) is 13.5. The molecule has 0 saturated heterocycles. The fraction of sp³-hybridized carbons (Fsp3) is 0. The zero-order valence-electron chi connectivity index (χ0n) is 31.1. The molecular formula is C54H36Ge2. The summed E-state index contributed by atoms with van der Waals surface area (Å²) in [4.78, 5) is 0. The van der Waals surface area contributed by atoms with Crippen LogP contribution in [0.25, 0.3) is 109 Å². The number of fused-ring (bicyclic) bond motifs is 5. The third kappa shape index (κ3) is 4.79. The fourth-order valence-electron chi connectivity index (χ4n) is 10.1. The number of hydrogen-bond acceptors (Lipinski definition) is 0. The van der Waals surface area contributed by atoms with Gasteiger partial charge in [-0.3, -0.25) is 0 Å². The van der Waals surface area contributed by atoms with Crippen molar-refractivity contribution >= 4 is 99.0 Å². The van der Waals surface area contributed by atoms with Crippen LogP contribution in [0.3, 0.4) is 0 Å².